The first-order valence-corrected chi connectivity index (χ1v) is 4.07. The lowest BCUT2D eigenvalue weighted by molar-refractivity contribution is -0.137. The van der Waals surface area contributed by atoms with Gasteiger partial charge in [0, 0.05) is 7.05 Å². The van der Waals surface area contributed by atoms with E-state index in [2.05, 4.69) is 19.1 Å². The standard InChI is InChI=1S/C10H15NO/c1-9(11(2)12-3)10-7-5-4-6-8-10/h4-9H,1-3H3. The zero-order valence-corrected chi connectivity index (χ0v) is 7.82. The van der Waals surface area contributed by atoms with Gasteiger partial charge in [0.05, 0.1) is 13.2 Å². The monoisotopic (exact) mass is 165 g/mol. The number of hydrogen-bond donors (Lipinski definition) is 0. The molecule has 1 unspecified atom stereocenters. The molecule has 2 nitrogen and oxygen atoms in total. The maximum atomic E-state index is 5.10. The van der Waals surface area contributed by atoms with Crippen LogP contribution in [0.1, 0.15) is 18.5 Å². The van der Waals surface area contributed by atoms with Crippen molar-refractivity contribution in [2.75, 3.05) is 14.2 Å². The van der Waals surface area contributed by atoms with E-state index in [0.717, 1.165) is 0 Å². The molecule has 2 heteroatoms. The minimum atomic E-state index is 0.302. The molecule has 0 aliphatic rings. The molecule has 0 fully saturated rings. The summed E-state index contributed by atoms with van der Waals surface area (Å²) in [6.45, 7) is 2.11. The molecule has 0 saturated carbocycles. The highest BCUT2D eigenvalue weighted by Gasteiger charge is 2.09. The molecular formula is C10H15NO. The van der Waals surface area contributed by atoms with Crippen LogP contribution in [-0.2, 0) is 4.84 Å². The molecule has 0 saturated heterocycles. The average molecular weight is 165 g/mol. The van der Waals surface area contributed by atoms with Crippen LogP contribution in [-0.4, -0.2) is 19.2 Å². The van der Waals surface area contributed by atoms with E-state index < -0.39 is 0 Å². The molecule has 12 heavy (non-hydrogen) atoms. The van der Waals surface area contributed by atoms with Crippen molar-refractivity contribution in [3.63, 3.8) is 0 Å². The van der Waals surface area contributed by atoms with Gasteiger partial charge in [0.1, 0.15) is 0 Å². The molecule has 0 heterocycles. The van der Waals surface area contributed by atoms with Gasteiger partial charge in [-0.15, -0.1) is 0 Å². The van der Waals surface area contributed by atoms with E-state index in [4.69, 9.17) is 4.84 Å². The molecule has 0 amide bonds. The fraction of sp³-hybridized carbons (Fsp3) is 0.400. The summed E-state index contributed by atoms with van der Waals surface area (Å²) in [5, 5.41) is 1.83. The molecule has 66 valence electrons. The smallest absolute Gasteiger partial charge is 0.0575 e. The Balaban J connectivity index is 2.71. The molecule has 0 aromatic heterocycles. The Morgan fingerprint density at radius 3 is 2.33 bits per heavy atom. The van der Waals surface area contributed by atoms with Crippen LogP contribution < -0.4 is 0 Å². The maximum Gasteiger partial charge on any atom is 0.0575 e. The first-order valence-electron chi connectivity index (χ1n) is 4.07. The SMILES string of the molecule is CON(C)C(C)c1ccccc1. The first kappa shape index (κ1) is 9.23. The third-order valence-corrected chi connectivity index (χ3v) is 2.12. The van der Waals surface area contributed by atoms with Crippen LogP contribution in [0.3, 0.4) is 0 Å². The van der Waals surface area contributed by atoms with E-state index in [9.17, 15) is 0 Å². The summed E-state index contributed by atoms with van der Waals surface area (Å²) in [5.74, 6) is 0. The predicted molar refractivity (Wildman–Crippen MR) is 49.6 cm³/mol. The zero-order chi connectivity index (χ0) is 8.97. The van der Waals surface area contributed by atoms with E-state index >= 15 is 0 Å². The molecule has 0 bridgehead atoms. The fourth-order valence-corrected chi connectivity index (χ4v) is 1.10. The van der Waals surface area contributed by atoms with Crippen molar-refractivity contribution in [2.24, 2.45) is 0 Å². The van der Waals surface area contributed by atoms with Crippen LogP contribution in [0.4, 0.5) is 0 Å². The van der Waals surface area contributed by atoms with Gasteiger partial charge in [-0.3, -0.25) is 0 Å². The third kappa shape index (κ3) is 2.06. The predicted octanol–water partition coefficient (Wildman–Crippen LogP) is 2.24. The van der Waals surface area contributed by atoms with Crippen LogP contribution in [0.25, 0.3) is 0 Å². The van der Waals surface area contributed by atoms with E-state index in [1.807, 2.05) is 30.3 Å². The third-order valence-electron chi connectivity index (χ3n) is 2.12. The first-order chi connectivity index (χ1) is 5.75. The van der Waals surface area contributed by atoms with Crippen molar-refractivity contribution in [3.8, 4) is 0 Å². The number of benzene rings is 1. The highest BCUT2D eigenvalue weighted by Crippen LogP contribution is 2.17. The number of rotatable bonds is 3. The van der Waals surface area contributed by atoms with Gasteiger partial charge < -0.3 is 4.84 Å². The summed E-state index contributed by atoms with van der Waals surface area (Å²) >= 11 is 0. The second-order valence-corrected chi connectivity index (χ2v) is 2.82. The Morgan fingerprint density at radius 2 is 1.83 bits per heavy atom. The topological polar surface area (TPSA) is 12.5 Å². The minimum Gasteiger partial charge on any atom is -0.302 e. The van der Waals surface area contributed by atoms with Crippen molar-refractivity contribution in [1.29, 1.82) is 0 Å². The molecule has 0 aliphatic heterocycles. The summed E-state index contributed by atoms with van der Waals surface area (Å²) in [5.41, 5.74) is 1.27. The molecule has 0 aliphatic carbocycles. The number of hydrogen-bond acceptors (Lipinski definition) is 2. The highest BCUT2D eigenvalue weighted by molar-refractivity contribution is 5.17. The summed E-state index contributed by atoms with van der Waals surface area (Å²) in [6, 6.07) is 10.6. The molecule has 1 atom stereocenters. The molecule has 1 rings (SSSR count). The summed E-state index contributed by atoms with van der Waals surface area (Å²) in [6.07, 6.45) is 0. The van der Waals surface area contributed by atoms with E-state index in [1.165, 1.54) is 5.56 Å². The van der Waals surface area contributed by atoms with Crippen molar-refractivity contribution in [3.05, 3.63) is 35.9 Å². The lowest BCUT2D eigenvalue weighted by atomic mass is 10.1. The van der Waals surface area contributed by atoms with Gasteiger partial charge in [-0.2, -0.15) is 5.06 Å². The van der Waals surface area contributed by atoms with Crippen molar-refractivity contribution in [1.82, 2.24) is 5.06 Å². The normalized spacial score (nSPS) is 13.3. The van der Waals surface area contributed by atoms with Crippen molar-refractivity contribution in [2.45, 2.75) is 13.0 Å². The Labute approximate surface area is 73.7 Å². The van der Waals surface area contributed by atoms with Crippen molar-refractivity contribution < 1.29 is 4.84 Å². The van der Waals surface area contributed by atoms with Crippen LogP contribution >= 0.6 is 0 Å². The van der Waals surface area contributed by atoms with Gasteiger partial charge in [-0.05, 0) is 12.5 Å². The van der Waals surface area contributed by atoms with Gasteiger partial charge in [0.2, 0.25) is 0 Å². The van der Waals surface area contributed by atoms with Gasteiger partial charge >= 0.3 is 0 Å². The Kier molecular flexibility index (Phi) is 3.26. The second kappa shape index (κ2) is 4.24. The van der Waals surface area contributed by atoms with E-state index in [1.54, 1.807) is 7.11 Å². The van der Waals surface area contributed by atoms with Crippen LogP contribution in [0.5, 0.6) is 0 Å². The number of hydroxylamine groups is 2. The van der Waals surface area contributed by atoms with Crippen LogP contribution in [0.2, 0.25) is 0 Å². The molecule has 1 aromatic rings. The Morgan fingerprint density at radius 1 is 1.25 bits per heavy atom. The van der Waals surface area contributed by atoms with E-state index in [0.29, 0.717) is 6.04 Å². The molecule has 0 spiro atoms. The zero-order valence-electron chi connectivity index (χ0n) is 7.82. The Hall–Kier alpha value is -0.860. The highest BCUT2D eigenvalue weighted by atomic mass is 16.7. The number of nitrogens with zero attached hydrogens (tertiary/aromatic N) is 1. The maximum absolute atomic E-state index is 5.10. The van der Waals surface area contributed by atoms with Gasteiger partial charge in [0.25, 0.3) is 0 Å². The quantitative estimate of drug-likeness (QED) is 0.637. The second-order valence-electron chi connectivity index (χ2n) is 2.82. The molecule has 1 aromatic carbocycles. The van der Waals surface area contributed by atoms with Crippen molar-refractivity contribution >= 4 is 0 Å². The Bertz CT molecular complexity index is 223. The van der Waals surface area contributed by atoms with Gasteiger partial charge in [-0.25, -0.2) is 0 Å². The van der Waals surface area contributed by atoms with Crippen LogP contribution in [0, 0.1) is 0 Å². The summed E-state index contributed by atoms with van der Waals surface area (Å²) in [4.78, 5) is 5.10. The average Bonchev–Trinajstić information content (AvgIpc) is 2.17. The molecular weight excluding hydrogens is 150 g/mol. The summed E-state index contributed by atoms with van der Waals surface area (Å²) < 4.78 is 0. The molecule has 0 radical (unpaired) electrons. The van der Waals surface area contributed by atoms with Gasteiger partial charge in [0.15, 0.2) is 0 Å². The summed E-state index contributed by atoms with van der Waals surface area (Å²) in [7, 11) is 3.61. The molecule has 0 N–H and O–H groups in total. The lowest BCUT2D eigenvalue weighted by Gasteiger charge is -2.22. The van der Waals surface area contributed by atoms with E-state index in [-0.39, 0.29) is 0 Å². The largest absolute Gasteiger partial charge is 0.302 e. The minimum absolute atomic E-state index is 0.302. The van der Waals surface area contributed by atoms with Crippen LogP contribution in [0.15, 0.2) is 30.3 Å². The lowest BCUT2D eigenvalue weighted by Crippen LogP contribution is -2.20. The van der Waals surface area contributed by atoms with Gasteiger partial charge in [-0.1, -0.05) is 30.3 Å². The fourth-order valence-electron chi connectivity index (χ4n) is 1.10.